The largest absolute Gasteiger partial charge is 0.406 e. The molecule has 1 rings (SSSR count). The van der Waals surface area contributed by atoms with Crippen LogP contribution in [-0.2, 0) is 0 Å². The van der Waals surface area contributed by atoms with Crippen molar-refractivity contribution in [2.75, 3.05) is 18.0 Å². The molecule has 8 heteroatoms. The molecule has 5 nitrogen and oxygen atoms in total. The zero-order valence-corrected chi connectivity index (χ0v) is 8.95. The number of alkyl halides is 3. The Labute approximate surface area is 90.4 Å². The van der Waals surface area contributed by atoms with E-state index in [2.05, 4.69) is 10.2 Å². The first-order valence-corrected chi connectivity index (χ1v) is 4.74. The lowest BCUT2D eigenvalue weighted by Crippen LogP contribution is -2.34. The van der Waals surface area contributed by atoms with Crippen LogP contribution in [0.5, 0.6) is 0 Å². The predicted molar refractivity (Wildman–Crippen MR) is 50.8 cm³/mol. The second-order valence-electron chi connectivity index (χ2n) is 3.34. The minimum absolute atomic E-state index is 0.121. The summed E-state index contributed by atoms with van der Waals surface area (Å²) < 4.78 is 41.6. The van der Waals surface area contributed by atoms with Crippen LogP contribution in [0.15, 0.2) is 4.42 Å². The molecule has 0 saturated heterocycles. The Morgan fingerprint density at radius 1 is 1.44 bits per heavy atom. The highest BCUT2D eigenvalue weighted by Gasteiger charge is 2.32. The van der Waals surface area contributed by atoms with Crippen molar-refractivity contribution in [3.8, 4) is 0 Å². The van der Waals surface area contributed by atoms with E-state index in [1.807, 2.05) is 0 Å². The molecule has 1 heterocycles. The van der Waals surface area contributed by atoms with E-state index in [1.165, 1.54) is 0 Å². The molecule has 0 aliphatic rings. The lowest BCUT2D eigenvalue weighted by Gasteiger charge is -2.19. The zero-order chi connectivity index (χ0) is 12.3. The molecule has 16 heavy (non-hydrogen) atoms. The second kappa shape index (κ2) is 4.69. The molecule has 0 aliphatic carbocycles. The van der Waals surface area contributed by atoms with E-state index in [9.17, 15) is 13.2 Å². The molecule has 1 aromatic heterocycles. The van der Waals surface area contributed by atoms with E-state index >= 15 is 0 Å². The molecule has 0 aromatic carbocycles. The van der Waals surface area contributed by atoms with Gasteiger partial charge in [0.15, 0.2) is 0 Å². The van der Waals surface area contributed by atoms with Gasteiger partial charge in [0.25, 0.3) is 0 Å². The Bertz CT molecular complexity index is 336. The van der Waals surface area contributed by atoms with Crippen LogP contribution in [0.4, 0.5) is 19.2 Å². The topological polar surface area (TPSA) is 68.2 Å². The maximum Gasteiger partial charge on any atom is 0.406 e. The summed E-state index contributed by atoms with van der Waals surface area (Å²) in [6.45, 7) is 2.18. The molecule has 0 fully saturated rings. The molecule has 1 unspecified atom stereocenters. The SMILES string of the molecule is CCN(CC(F)(F)F)c1nnc(C(C)N)o1. The Morgan fingerprint density at radius 2 is 2.06 bits per heavy atom. The number of aromatic nitrogens is 2. The fraction of sp³-hybridized carbons (Fsp3) is 0.750. The van der Waals surface area contributed by atoms with E-state index in [0.29, 0.717) is 0 Å². The van der Waals surface area contributed by atoms with Crippen molar-refractivity contribution in [1.29, 1.82) is 0 Å². The highest BCUT2D eigenvalue weighted by atomic mass is 19.4. The molecule has 0 radical (unpaired) electrons. The van der Waals surface area contributed by atoms with Gasteiger partial charge < -0.3 is 15.1 Å². The van der Waals surface area contributed by atoms with Gasteiger partial charge in [0, 0.05) is 6.54 Å². The van der Waals surface area contributed by atoms with Gasteiger partial charge in [0.05, 0.1) is 6.04 Å². The Kier molecular flexibility index (Phi) is 3.74. The third-order valence-corrected chi connectivity index (χ3v) is 1.84. The van der Waals surface area contributed by atoms with Gasteiger partial charge in [-0.1, -0.05) is 5.10 Å². The van der Waals surface area contributed by atoms with E-state index in [1.54, 1.807) is 13.8 Å². The summed E-state index contributed by atoms with van der Waals surface area (Å²) in [6, 6.07) is -0.655. The Hall–Kier alpha value is -1.31. The van der Waals surface area contributed by atoms with Gasteiger partial charge in [-0.05, 0) is 13.8 Å². The number of halogens is 3. The number of hydrogen-bond acceptors (Lipinski definition) is 5. The van der Waals surface area contributed by atoms with Gasteiger partial charge >= 0.3 is 12.2 Å². The summed E-state index contributed by atoms with van der Waals surface area (Å²) in [7, 11) is 0. The monoisotopic (exact) mass is 238 g/mol. The third-order valence-electron chi connectivity index (χ3n) is 1.84. The number of nitrogens with two attached hydrogens (primary N) is 1. The van der Waals surface area contributed by atoms with Crippen molar-refractivity contribution in [1.82, 2.24) is 10.2 Å². The van der Waals surface area contributed by atoms with Gasteiger partial charge in [0.1, 0.15) is 6.54 Å². The summed E-state index contributed by atoms with van der Waals surface area (Å²) in [5.74, 6) is 0.121. The Balaban J connectivity index is 2.79. The highest BCUT2D eigenvalue weighted by Crippen LogP contribution is 2.21. The van der Waals surface area contributed by atoms with Crippen LogP contribution in [0.25, 0.3) is 0 Å². The number of nitrogens with zero attached hydrogens (tertiary/aromatic N) is 3. The Morgan fingerprint density at radius 3 is 2.44 bits per heavy atom. The number of hydrogen-bond donors (Lipinski definition) is 1. The summed E-state index contributed by atoms with van der Waals surface area (Å²) >= 11 is 0. The molecule has 0 bridgehead atoms. The van der Waals surface area contributed by atoms with Gasteiger partial charge in [-0.15, -0.1) is 5.10 Å². The third kappa shape index (κ3) is 3.37. The summed E-state index contributed by atoms with van der Waals surface area (Å²) in [5, 5.41) is 7.09. The molecule has 0 spiro atoms. The minimum atomic E-state index is -4.31. The molecule has 2 N–H and O–H groups in total. The lowest BCUT2D eigenvalue weighted by molar-refractivity contribution is -0.120. The van der Waals surface area contributed by atoms with Crippen molar-refractivity contribution in [2.24, 2.45) is 5.73 Å². The summed E-state index contributed by atoms with van der Waals surface area (Å²) in [4.78, 5) is 0.943. The first-order valence-electron chi connectivity index (χ1n) is 4.74. The van der Waals surface area contributed by atoms with Gasteiger partial charge in [0.2, 0.25) is 5.89 Å². The number of anilines is 1. The average molecular weight is 238 g/mol. The minimum Gasteiger partial charge on any atom is -0.406 e. The maximum absolute atomic E-state index is 12.2. The van der Waals surface area contributed by atoms with Crippen molar-refractivity contribution in [3.63, 3.8) is 0 Å². The van der Waals surface area contributed by atoms with Crippen LogP contribution in [0.3, 0.4) is 0 Å². The van der Waals surface area contributed by atoms with E-state index in [0.717, 1.165) is 4.90 Å². The van der Waals surface area contributed by atoms with Crippen molar-refractivity contribution in [2.45, 2.75) is 26.1 Å². The van der Waals surface area contributed by atoms with Crippen LogP contribution in [0.1, 0.15) is 25.8 Å². The molecular formula is C8H13F3N4O. The van der Waals surface area contributed by atoms with E-state index < -0.39 is 18.8 Å². The standard InChI is InChI=1S/C8H13F3N4O/c1-3-15(4-8(9,10)11)7-14-13-6(16-7)5(2)12/h5H,3-4,12H2,1-2H3. The molecular weight excluding hydrogens is 225 g/mol. The molecule has 1 aromatic rings. The normalized spacial score (nSPS) is 13.9. The average Bonchev–Trinajstić information content (AvgIpc) is 2.61. The first kappa shape index (κ1) is 12.8. The van der Waals surface area contributed by atoms with Gasteiger partial charge in [-0.3, -0.25) is 0 Å². The number of rotatable bonds is 4. The van der Waals surface area contributed by atoms with Crippen LogP contribution < -0.4 is 10.6 Å². The molecule has 0 aliphatic heterocycles. The highest BCUT2D eigenvalue weighted by molar-refractivity contribution is 5.24. The second-order valence-corrected chi connectivity index (χ2v) is 3.34. The molecule has 1 atom stereocenters. The van der Waals surface area contributed by atoms with Gasteiger partial charge in [-0.25, -0.2) is 0 Å². The summed E-state index contributed by atoms with van der Waals surface area (Å²) in [6.07, 6.45) is -4.31. The first-order chi connectivity index (χ1) is 7.33. The van der Waals surface area contributed by atoms with Crippen molar-refractivity contribution in [3.05, 3.63) is 5.89 Å². The maximum atomic E-state index is 12.2. The quantitative estimate of drug-likeness (QED) is 0.860. The molecule has 0 amide bonds. The molecule has 0 saturated carbocycles. The van der Waals surface area contributed by atoms with Crippen LogP contribution in [0.2, 0.25) is 0 Å². The fourth-order valence-corrected chi connectivity index (χ4v) is 1.07. The fourth-order valence-electron chi connectivity index (χ4n) is 1.07. The smallest absolute Gasteiger partial charge is 0.406 e. The zero-order valence-electron chi connectivity index (χ0n) is 8.95. The van der Waals surface area contributed by atoms with Crippen LogP contribution in [0, 0.1) is 0 Å². The predicted octanol–water partition coefficient (Wildman–Crippen LogP) is 1.48. The van der Waals surface area contributed by atoms with E-state index in [-0.39, 0.29) is 18.5 Å². The molecule has 92 valence electrons. The van der Waals surface area contributed by atoms with Crippen molar-refractivity contribution < 1.29 is 17.6 Å². The van der Waals surface area contributed by atoms with Gasteiger partial charge in [-0.2, -0.15) is 13.2 Å². The van der Waals surface area contributed by atoms with Crippen LogP contribution in [-0.4, -0.2) is 29.5 Å². The van der Waals surface area contributed by atoms with Crippen molar-refractivity contribution >= 4 is 6.01 Å². The van der Waals surface area contributed by atoms with E-state index in [4.69, 9.17) is 10.2 Å². The lowest BCUT2D eigenvalue weighted by atomic mass is 10.4. The summed E-state index contributed by atoms with van der Waals surface area (Å²) in [5.41, 5.74) is 5.46. The van der Waals surface area contributed by atoms with Crippen LogP contribution >= 0.6 is 0 Å².